The third kappa shape index (κ3) is 3.83. The Morgan fingerprint density at radius 2 is 1.78 bits per heavy atom. The molecule has 0 bridgehead atoms. The molecule has 23 heavy (non-hydrogen) atoms. The van der Waals surface area contributed by atoms with Crippen LogP contribution in [0.15, 0.2) is 48.5 Å². The van der Waals surface area contributed by atoms with Gasteiger partial charge in [-0.2, -0.15) is 0 Å². The summed E-state index contributed by atoms with van der Waals surface area (Å²) in [6.07, 6.45) is 3.63. The van der Waals surface area contributed by atoms with Gasteiger partial charge in [0.25, 0.3) is 0 Å². The molecule has 1 aliphatic heterocycles. The number of carboxylic acid groups (broad SMARTS) is 1. The molecular formula is C19H21NO3. The van der Waals surface area contributed by atoms with E-state index >= 15 is 0 Å². The summed E-state index contributed by atoms with van der Waals surface area (Å²) < 4.78 is 5.81. The van der Waals surface area contributed by atoms with Gasteiger partial charge in [-0.05, 0) is 37.0 Å². The van der Waals surface area contributed by atoms with Crippen LogP contribution in [0.1, 0.15) is 35.2 Å². The Hall–Kier alpha value is -2.49. The molecule has 0 spiro atoms. The molecule has 0 atom stereocenters. The fourth-order valence-corrected chi connectivity index (χ4v) is 2.89. The van der Waals surface area contributed by atoms with Crippen molar-refractivity contribution in [3.8, 4) is 5.75 Å². The number of carbonyl (C=O) groups is 1. The Labute approximate surface area is 136 Å². The summed E-state index contributed by atoms with van der Waals surface area (Å²) in [4.78, 5) is 13.7. The van der Waals surface area contributed by atoms with Crippen LogP contribution in [0.25, 0.3) is 0 Å². The zero-order chi connectivity index (χ0) is 16.1. The highest BCUT2D eigenvalue weighted by Crippen LogP contribution is 2.28. The Kier molecular flexibility index (Phi) is 4.81. The van der Waals surface area contributed by atoms with Crippen LogP contribution < -0.4 is 9.64 Å². The van der Waals surface area contributed by atoms with E-state index in [4.69, 9.17) is 4.74 Å². The minimum absolute atomic E-state index is 0.210. The number of aromatic carboxylic acids is 1. The van der Waals surface area contributed by atoms with Crippen LogP contribution in [0.3, 0.4) is 0 Å². The first kappa shape index (κ1) is 15.4. The molecule has 0 unspecified atom stereocenters. The highest BCUT2D eigenvalue weighted by molar-refractivity contribution is 5.91. The van der Waals surface area contributed by atoms with E-state index in [0.29, 0.717) is 12.4 Å². The van der Waals surface area contributed by atoms with Crippen LogP contribution in [0.4, 0.5) is 5.69 Å². The third-order valence-corrected chi connectivity index (χ3v) is 4.15. The van der Waals surface area contributed by atoms with Gasteiger partial charge in [0.05, 0.1) is 0 Å². The predicted octanol–water partition coefficient (Wildman–Crippen LogP) is 3.95. The number of carboxylic acids is 1. The fourth-order valence-electron chi connectivity index (χ4n) is 2.89. The molecule has 1 heterocycles. The van der Waals surface area contributed by atoms with E-state index in [2.05, 4.69) is 4.90 Å². The average molecular weight is 311 g/mol. The van der Waals surface area contributed by atoms with Crippen molar-refractivity contribution in [1.82, 2.24) is 0 Å². The smallest absolute Gasteiger partial charge is 0.339 e. The van der Waals surface area contributed by atoms with E-state index in [1.807, 2.05) is 42.5 Å². The molecule has 1 fully saturated rings. The molecular weight excluding hydrogens is 290 g/mol. The van der Waals surface area contributed by atoms with E-state index < -0.39 is 5.97 Å². The quantitative estimate of drug-likeness (QED) is 0.908. The van der Waals surface area contributed by atoms with Gasteiger partial charge >= 0.3 is 5.97 Å². The van der Waals surface area contributed by atoms with Gasteiger partial charge in [-0.15, -0.1) is 0 Å². The van der Waals surface area contributed by atoms with Gasteiger partial charge in [-0.25, -0.2) is 4.79 Å². The predicted molar refractivity (Wildman–Crippen MR) is 90.2 cm³/mol. The normalized spacial score (nSPS) is 14.5. The van der Waals surface area contributed by atoms with Gasteiger partial charge in [-0.3, -0.25) is 0 Å². The summed E-state index contributed by atoms with van der Waals surface area (Å²) >= 11 is 0. The van der Waals surface area contributed by atoms with Crippen LogP contribution in [0, 0.1) is 0 Å². The number of nitrogens with zero attached hydrogens (tertiary/aromatic N) is 1. The van der Waals surface area contributed by atoms with Crippen LogP contribution >= 0.6 is 0 Å². The standard InChI is InChI=1S/C19H21NO3/c21-19(22)17-10-9-16(20-11-5-2-6-12-20)13-18(17)23-14-15-7-3-1-4-8-15/h1,3-4,7-10,13H,2,5-6,11-12,14H2,(H,21,22). The van der Waals surface area contributed by atoms with Gasteiger partial charge in [0, 0.05) is 24.8 Å². The number of ether oxygens (including phenoxy) is 1. The second-order valence-corrected chi connectivity index (χ2v) is 5.81. The lowest BCUT2D eigenvalue weighted by atomic mass is 10.1. The Balaban J connectivity index is 1.81. The molecule has 0 saturated carbocycles. The molecule has 120 valence electrons. The van der Waals surface area contributed by atoms with Crippen LogP contribution in [0.2, 0.25) is 0 Å². The summed E-state index contributed by atoms with van der Waals surface area (Å²) in [7, 11) is 0. The first-order chi connectivity index (χ1) is 11.2. The van der Waals surface area contributed by atoms with Gasteiger partial charge in [0.15, 0.2) is 0 Å². The van der Waals surface area contributed by atoms with Gasteiger partial charge in [-0.1, -0.05) is 30.3 Å². The van der Waals surface area contributed by atoms with Crippen molar-refractivity contribution >= 4 is 11.7 Å². The maximum absolute atomic E-state index is 11.4. The Bertz CT molecular complexity index is 664. The summed E-state index contributed by atoms with van der Waals surface area (Å²) in [5, 5.41) is 9.37. The van der Waals surface area contributed by atoms with E-state index in [1.54, 1.807) is 6.07 Å². The first-order valence-electron chi connectivity index (χ1n) is 8.03. The maximum Gasteiger partial charge on any atom is 0.339 e. The van der Waals surface area contributed by atoms with Gasteiger partial charge in [0.1, 0.15) is 17.9 Å². The zero-order valence-corrected chi connectivity index (χ0v) is 13.1. The molecule has 1 aliphatic rings. The van der Waals surface area contributed by atoms with Crippen LogP contribution in [0.5, 0.6) is 5.75 Å². The minimum Gasteiger partial charge on any atom is -0.488 e. The molecule has 1 saturated heterocycles. The van der Waals surface area contributed by atoms with Crippen LogP contribution in [-0.2, 0) is 6.61 Å². The molecule has 1 N–H and O–H groups in total. The average Bonchev–Trinajstić information content (AvgIpc) is 2.61. The van der Waals surface area contributed by atoms with E-state index in [1.165, 1.54) is 19.3 Å². The SMILES string of the molecule is O=C(O)c1ccc(N2CCCCC2)cc1OCc1ccccc1. The van der Waals surface area contributed by atoms with E-state index in [0.717, 1.165) is 24.3 Å². The molecule has 0 aromatic heterocycles. The lowest BCUT2D eigenvalue weighted by Crippen LogP contribution is -2.29. The van der Waals surface area contributed by atoms with Crippen molar-refractivity contribution in [3.63, 3.8) is 0 Å². The molecule has 0 radical (unpaired) electrons. The molecule has 4 heteroatoms. The lowest BCUT2D eigenvalue weighted by molar-refractivity contribution is 0.0692. The van der Waals surface area contributed by atoms with Crippen molar-refractivity contribution < 1.29 is 14.6 Å². The van der Waals surface area contributed by atoms with Crippen LogP contribution in [-0.4, -0.2) is 24.2 Å². The summed E-state index contributed by atoms with van der Waals surface area (Å²) in [5.74, 6) is -0.525. The monoisotopic (exact) mass is 311 g/mol. The van der Waals surface area contributed by atoms with Gasteiger partial charge in [0.2, 0.25) is 0 Å². The number of benzene rings is 2. The third-order valence-electron chi connectivity index (χ3n) is 4.15. The topological polar surface area (TPSA) is 49.8 Å². The second-order valence-electron chi connectivity index (χ2n) is 5.81. The van der Waals surface area contributed by atoms with E-state index in [-0.39, 0.29) is 5.56 Å². The summed E-state index contributed by atoms with van der Waals surface area (Å²) in [6.45, 7) is 2.40. The molecule has 0 amide bonds. The number of hydrogen-bond acceptors (Lipinski definition) is 3. The molecule has 4 nitrogen and oxygen atoms in total. The second kappa shape index (κ2) is 7.18. The molecule has 2 aromatic rings. The highest BCUT2D eigenvalue weighted by Gasteiger charge is 2.16. The van der Waals surface area contributed by atoms with E-state index in [9.17, 15) is 9.90 Å². The molecule has 3 rings (SSSR count). The first-order valence-corrected chi connectivity index (χ1v) is 8.03. The largest absolute Gasteiger partial charge is 0.488 e. The van der Waals surface area contributed by atoms with Crippen molar-refractivity contribution in [2.24, 2.45) is 0 Å². The molecule has 0 aliphatic carbocycles. The van der Waals surface area contributed by atoms with Crippen molar-refractivity contribution in [2.45, 2.75) is 25.9 Å². The number of rotatable bonds is 5. The summed E-state index contributed by atoms with van der Waals surface area (Å²) in [5.41, 5.74) is 2.27. The lowest BCUT2D eigenvalue weighted by Gasteiger charge is -2.29. The highest BCUT2D eigenvalue weighted by atomic mass is 16.5. The van der Waals surface area contributed by atoms with Gasteiger partial charge < -0.3 is 14.7 Å². The van der Waals surface area contributed by atoms with Crippen molar-refractivity contribution in [2.75, 3.05) is 18.0 Å². The number of piperidine rings is 1. The summed E-state index contributed by atoms with van der Waals surface area (Å²) in [6, 6.07) is 15.2. The number of anilines is 1. The Morgan fingerprint density at radius 1 is 1.04 bits per heavy atom. The maximum atomic E-state index is 11.4. The minimum atomic E-state index is -0.960. The van der Waals surface area contributed by atoms with Crippen molar-refractivity contribution in [3.05, 3.63) is 59.7 Å². The Morgan fingerprint density at radius 3 is 2.48 bits per heavy atom. The fraction of sp³-hybridized carbons (Fsp3) is 0.316. The molecule has 2 aromatic carbocycles. The van der Waals surface area contributed by atoms with Crippen molar-refractivity contribution in [1.29, 1.82) is 0 Å². The zero-order valence-electron chi connectivity index (χ0n) is 13.1. The number of hydrogen-bond donors (Lipinski definition) is 1.